The van der Waals surface area contributed by atoms with Crippen molar-refractivity contribution >= 4 is 23.2 Å². The van der Waals surface area contributed by atoms with Crippen LogP contribution in [0.1, 0.15) is 18.0 Å². The quantitative estimate of drug-likeness (QED) is 0.916. The normalized spacial score (nSPS) is 19.3. The zero-order chi connectivity index (χ0) is 12.5. The van der Waals surface area contributed by atoms with E-state index >= 15 is 0 Å². The molecule has 0 aliphatic carbocycles. The molecule has 1 aliphatic rings. The van der Waals surface area contributed by atoms with Gasteiger partial charge in [0.2, 0.25) is 0 Å². The Morgan fingerprint density at radius 3 is 3.00 bits per heavy atom. The summed E-state index contributed by atoms with van der Waals surface area (Å²) in [5.41, 5.74) is 2.08. The maximum absolute atomic E-state index is 6.24. The van der Waals surface area contributed by atoms with Gasteiger partial charge in [0.25, 0.3) is 0 Å². The van der Waals surface area contributed by atoms with E-state index in [4.69, 9.17) is 23.2 Å². The minimum absolute atomic E-state index is 0.488. The van der Waals surface area contributed by atoms with Crippen LogP contribution >= 0.6 is 23.2 Å². The SMILES string of the molecule is Clc1ccc(Cl)c(-n2cncc2C2CCNC2)c1. The average molecular weight is 282 g/mol. The highest BCUT2D eigenvalue weighted by Crippen LogP contribution is 2.29. The Bertz CT molecular complexity index is 559. The average Bonchev–Trinajstić information content (AvgIpc) is 3.00. The van der Waals surface area contributed by atoms with Crippen molar-refractivity contribution in [1.29, 1.82) is 0 Å². The van der Waals surface area contributed by atoms with E-state index in [1.165, 1.54) is 5.69 Å². The van der Waals surface area contributed by atoms with Gasteiger partial charge in [-0.1, -0.05) is 23.2 Å². The molecule has 1 N–H and O–H groups in total. The highest BCUT2D eigenvalue weighted by atomic mass is 35.5. The number of hydrogen-bond acceptors (Lipinski definition) is 2. The number of imidazole rings is 1. The van der Waals surface area contributed by atoms with Crippen LogP contribution in [0, 0.1) is 0 Å². The maximum atomic E-state index is 6.24. The molecule has 0 amide bonds. The summed E-state index contributed by atoms with van der Waals surface area (Å²) in [4.78, 5) is 4.25. The van der Waals surface area contributed by atoms with Crippen LogP contribution in [0.15, 0.2) is 30.7 Å². The molecule has 3 nitrogen and oxygen atoms in total. The molecule has 1 unspecified atom stereocenters. The summed E-state index contributed by atoms with van der Waals surface area (Å²) in [6.45, 7) is 2.04. The molecule has 5 heteroatoms. The first-order valence-corrected chi connectivity index (χ1v) is 6.69. The van der Waals surface area contributed by atoms with Crippen LogP contribution in [0.5, 0.6) is 0 Å². The van der Waals surface area contributed by atoms with Gasteiger partial charge >= 0.3 is 0 Å². The number of halogens is 2. The summed E-state index contributed by atoms with van der Waals surface area (Å²) in [5, 5.41) is 4.73. The molecule has 2 aromatic rings. The maximum Gasteiger partial charge on any atom is 0.0994 e. The molecule has 3 rings (SSSR count). The topological polar surface area (TPSA) is 29.9 Å². The van der Waals surface area contributed by atoms with Crippen molar-refractivity contribution in [2.45, 2.75) is 12.3 Å². The van der Waals surface area contributed by atoms with E-state index in [9.17, 15) is 0 Å². The summed E-state index contributed by atoms with van der Waals surface area (Å²) < 4.78 is 2.03. The minimum Gasteiger partial charge on any atom is -0.316 e. The minimum atomic E-state index is 0.488. The zero-order valence-corrected chi connectivity index (χ0v) is 11.2. The Labute approximate surface area is 116 Å². The first-order valence-electron chi connectivity index (χ1n) is 5.94. The van der Waals surface area contributed by atoms with Crippen molar-refractivity contribution in [2.75, 3.05) is 13.1 Å². The third-order valence-corrected chi connectivity index (χ3v) is 3.87. The standard InChI is InChI=1S/C13H13Cl2N3/c14-10-1-2-11(15)12(5-10)18-8-17-7-13(18)9-3-4-16-6-9/h1-2,5,7-9,16H,3-4,6H2. The number of nitrogens with one attached hydrogen (secondary N) is 1. The highest BCUT2D eigenvalue weighted by Gasteiger charge is 2.21. The first kappa shape index (κ1) is 12.0. The molecular formula is C13H13Cl2N3. The number of hydrogen-bond donors (Lipinski definition) is 1. The van der Waals surface area contributed by atoms with E-state index in [-0.39, 0.29) is 0 Å². The molecule has 1 fully saturated rings. The smallest absolute Gasteiger partial charge is 0.0994 e. The molecule has 0 bridgehead atoms. The van der Waals surface area contributed by atoms with Crippen molar-refractivity contribution in [2.24, 2.45) is 0 Å². The first-order chi connectivity index (χ1) is 8.75. The van der Waals surface area contributed by atoms with Gasteiger partial charge in [-0.3, -0.25) is 0 Å². The third kappa shape index (κ3) is 2.14. The fourth-order valence-corrected chi connectivity index (χ4v) is 2.76. The molecule has 1 aromatic carbocycles. The molecule has 0 radical (unpaired) electrons. The summed E-state index contributed by atoms with van der Waals surface area (Å²) in [5.74, 6) is 0.488. The number of nitrogens with zero attached hydrogens (tertiary/aromatic N) is 2. The number of rotatable bonds is 2. The van der Waals surface area contributed by atoms with Crippen molar-refractivity contribution in [1.82, 2.24) is 14.9 Å². The predicted molar refractivity (Wildman–Crippen MR) is 73.8 cm³/mol. The monoisotopic (exact) mass is 281 g/mol. The van der Waals surface area contributed by atoms with Crippen LogP contribution in [0.3, 0.4) is 0 Å². The Morgan fingerprint density at radius 1 is 1.33 bits per heavy atom. The van der Waals surface area contributed by atoms with Crippen LogP contribution in [-0.2, 0) is 0 Å². The largest absolute Gasteiger partial charge is 0.316 e. The molecule has 0 saturated carbocycles. The number of benzene rings is 1. The van der Waals surface area contributed by atoms with Gasteiger partial charge < -0.3 is 9.88 Å². The van der Waals surface area contributed by atoms with E-state index in [0.29, 0.717) is 16.0 Å². The van der Waals surface area contributed by atoms with E-state index in [0.717, 1.165) is 25.2 Å². The van der Waals surface area contributed by atoms with Gasteiger partial charge in [-0.25, -0.2) is 4.98 Å². The van der Waals surface area contributed by atoms with Gasteiger partial charge in [-0.05, 0) is 31.2 Å². The van der Waals surface area contributed by atoms with Crippen LogP contribution < -0.4 is 5.32 Å². The lowest BCUT2D eigenvalue weighted by Crippen LogP contribution is -2.10. The Hall–Kier alpha value is -1.03. The lowest BCUT2D eigenvalue weighted by molar-refractivity contribution is 0.714. The van der Waals surface area contributed by atoms with Crippen LogP contribution in [-0.4, -0.2) is 22.6 Å². The Morgan fingerprint density at radius 2 is 2.22 bits per heavy atom. The molecular weight excluding hydrogens is 269 g/mol. The fraction of sp³-hybridized carbons (Fsp3) is 0.308. The zero-order valence-electron chi connectivity index (χ0n) is 9.74. The summed E-state index contributed by atoms with van der Waals surface area (Å²) in [6.07, 6.45) is 4.84. The van der Waals surface area contributed by atoms with Gasteiger partial charge in [0.1, 0.15) is 0 Å². The van der Waals surface area contributed by atoms with Crippen molar-refractivity contribution in [3.05, 3.63) is 46.5 Å². The van der Waals surface area contributed by atoms with Crippen molar-refractivity contribution < 1.29 is 0 Å². The van der Waals surface area contributed by atoms with Gasteiger partial charge in [0, 0.05) is 29.4 Å². The number of aromatic nitrogens is 2. The molecule has 1 atom stereocenters. The van der Waals surface area contributed by atoms with E-state index in [1.807, 2.05) is 22.9 Å². The molecule has 18 heavy (non-hydrogen) atoms. The molecule has 1 saturated heterocycles. The molecule has 0 spiro atoms. The summed E-state index contributed by atoms with van der Waals surface area (Å²) in [6, 6.07) is 5.48. The molecule has 1 aliphatic heterocycles. The Balaban J connectivity index is 2.06. The molecule has 1 aromatic heterocycles. The van der Waals surface area contributed by atoms with E-state index in [1.54, 1.807) is 12.4 Å². The van der Waals surface area contributed by atoms with Crippen molar-refractivity contribution in [3.63, 3.8) is 0 Å². The van der Waals surface area contributed by atoms with Gasteiger partial charge in [-0.2, -0.15) is 0 Å². The van der Waals surface area contributed by atoms with Crippen molar-refractivity contribution in [3.8, 4) is 5.69 Å². The lowest BCUT2D eigenvalue weighted by atomic mass is 10.1. The molecule has 94 valence electrons. The highest BCUT2D eigenvalue weighted by molar-refractivity contribution is 6.34. The second-order valence-electron chi connectivity index (χ2n) is 4.47. The lowest BCUT2D eigenvalue weighted by Gasteiger charge is -2.14. The second-order valence-corrected chi connectivity index (χ2v) is 5.32. The van der Waals surface area contributed by atoms with Crippen LogP contribution in [0.2, 0.25) is 10.0 Å². The van der Waals surface area contributed by atoms with Gasteiger partial charge in [0.15, 0.2) is 0 Å². The third-order valence-electron chi connectivity index (χ3n) is 3.31. The van der Waals surface area contributed by atoms with Crippen LogP contribution in [0.4, 0.5) is 0 Å². The van der Waals surface area contributed by atoms with E-state index < -0.39 is 0 Å². The van der Waals surface area contributed by atoms with E-state index in [2.05, 4.69) is 10.3 Å². The second kappa shape index (κ2) is 4.92. The summed E-state index contributed by atoms with van der Waals surface area (Å²) in [7, 11) is 0. The summed E-state index contributed by atoms with van der Waals surface area (Å²) >= 11 is 12.3. The molecule has 2 heterocycles. The van der Waals surface area contributed by atoms with Gasteiger partial charge in [0.05, 0.1) is 17.0 Å². The van der Waals surface area contributed by atoms with Crippen LogP contribution in [0.25, 0.3) is 5.69 Å². The fourth-order valence-electron chi connectivity index (χ4n) is 2.39. The Kier molecular flexibility index (Phi) is 3.29. The van der Waals surface area contributed by atoms with Gasteiger partial charge in [-0.15, -0.1) is 0 Å². The predicted octanol–water partition coefficient (Wildman–Crippen LogP) is 3.26.